The van der Waals surface area contributed by atoms with Crippen molar-refractivity contribution in [3.8, 4) is 11.4 Å². The SMILES string of the molecule is CCC(c1nc2ccccc2c(=O)n1-c1cccc(Cl)c1)N(CCC(C)C)C(=O)COc1ccccc1. The predicted molar refractivity (Wildman–Crippen MR) is 148 cm³/mol. The van der Waals surface area contributed by atoms with Gasteiger partial charge in [0.15, 0.2) is 6.61 Å². The van der Waals surface area contributed by atoms with Crippen molar-refractivity contribution in [1.29, 1.82) is 0 Å². The molecule has 6 nitrogen and oxygen atoms in total. The summed E-state index contributed by atoms with van der Waals surface area (Å²) in [6.07, 6.45) is 1.38. The summed E-state index contributed by atoms with van der Waals surface area (Å²) in [5.74, 6) is 1.37. The molecule has 4 rings (SSSR count). The summed E-state index contributed by atoms with van der Waals surface area (Å²) in [4.78, 5) is 34.2. The number of halogens is 1. The molecule has 1 heterocycles. The molecule has 0 radical (unpaired) electrons. The van der Waals surface area contributed by atoms with Crippen LogP contribution < -0.4 is 10.3 Å². The minimum absolute atomic E-state index is 0.104. The Morgan fingerprint density at radius 1 is 1.03 bits per heavy atom. The smallest absolute Gasteiger partial charge is 0.266 e. The standard InChI is InChI=1S/C30H32ClN3O3/c1-4-27(33(18-17-21(2)3)28(35)20-37-24-13-6-5-7-14-24)29-32-26-16-9-8-15-25(26)30(36)34(29)23-12-10-11-22(31)19-23/h5-16,19,21,27H,4,17-18,20H2,1-3H3. The van der Waals surface area contributed by atoms with Crippen LogP contribution in [0.5, 0.6) is 5.75 Å². The summed E-state index contributed by atoms with van der Waals surface area (Å²) in [6.45, 7) is 6.67. The normalized spacial score (nSPS) is 12.0. The number of carbonyl (C=O) groups is 1. The highest BCUT2D eigenvalue weighted by Gasteiger charge is 2.29. The van der Waals surface area contributed by atoms with Crippen molar-refractivity contribution < 1.29 is 9.53 Å². The fraction of sp³-hybridized carbons (Fsp3) is 0.300. The molecule has 192 valence electrons. The Balaban J connectivity index is 1.82. The van der Waals surface area contributed by atoms with Crippen LogP contribution in [0.15, 0.2) is 83.7 Å². The molecule has 1 unspecified atom stereocenters. The fourth-order valence-corrected chi connectivity index (χ4v) is 4.56. The number of nitrogens with zero attached hydrogens (tertiary/aromatic N) is 3. The van der Waals surface area contributed by atoms with Crippen LogP contribution in [0.2, 0.25) is 5.02 Å². The van der Waals surface area contributed by atoms with Crippen molar-refractivity contribution in [3.05, 3.63) is 100 Å². The van der Waals surface area contributed by atoms with Crippen LogP contribution in [0, 0.1) is 5.92 Å². The molecule has 3 aromatic carbocycles. The minimum atomic E-state index is -0.443. The maximum absolute atomic E-state index is 13.8. The van der Waals surface area contributed by atoms with Gasteiger partial charge in [-0.1, -0.05) is 68.8 Å². The van der Waals surface area contributed by atoms with Crippen molar-refractivity contribution in [2.24, 2.45) is 5.92 Å². The van der Waals surface area contributed by atoms with E-state index in [-0.39, 0.29) is 18.1 Å². The van der Waals surface area contributed by atoms with Gasteiger partial charge in [0, 0.05) is 11.6 Å². The van der Waals surface area contributed by atoms with Crippen LogP contribution in [0.25, 0.3) is 16.6 Å². The third-order valence-corrected chi connectivity index (χ3v) is 6.54. The van der Waals surface area contributed by atoms with Crippen LogP contribution in [0.4, 0.5) is 0 Å². The van der Waals surface area contributed by atoms with Gasteiger partial charge in [0.25, 0.3) is 11.5 Å². The molecule has 0 spiro atoms. The van der Waals surface area contributed by atoms with Crippen molar-refractivity contribution in [1.82, 2.24) is 14.5 Å². The summed E-state index contributed by atoms with van der Waals surface area (Å²) in [5.41, 5.74) is 1.01. The molecule has 1 aromatic heterocycles. The molecular formula is C30H32ClN3O3. The van der Waals surface area contributed by atoms with Gasteiger partial charge >= 0.3 is 0 Å². The third kappa shape index (κ3) is 6.20. The molecule has 37 heavy (non-hydrogen) atoms. The van der Waals surface area contributed by atoms with Crippen molar-refractivity contribution in [2.75, 3.05) is 13.2 Å². The highest BCUT2D eigenvalue weighted by molar-refractivity contribution is 6.30. The lowest BCUT2D eigenvalue weighted by Gasteiger charge is -2.33. The van der Waals surface area contributed by atoms with E-state index >= 15 is 0 Å². The van der Waals surface area contributed by atoms with E-state index in [0.717, 1.165) is 6.42 Å². The van der Waals surface area contributed by atoms with Crippen LogP contribution in [0.1, 0.15) is 45.5 Å². The van der Waals surface area contributed by atoms with Crippen LogP contribution in [-0.4, -0.2) is 33.5 Å². The second-order valence-corrected chi connectivity index (χ2v) is 9.84. The summed E-state index contributed by atoms with van der Waals surface area (Å²) >= 11 is 6.31. The van der Waals surface area contributed by atoms with Gasteiger partial charge in [0.05, 0.1) is 22.6 Å². The second kappa shape index (κ2) is 12.1. The minimum Gasteiger partial charge on any atom is -0.484 e. The Hall–Kier alpha value is -3.64. The largest absolute Gasteiger partial charge is 0.484 e. The van der Waals surface area contributed by atoms with Gasteiger partial charge in [0.2, 0.25) is 0 Å². The zero-order valence-electron chi connectivity index (χ0n) is 21.4. The quantitative estimate of drug-likeness (QED) is 0.243. The zero-order valence-corrected chi connectivity index (χ0v) is 22.2. The zero-order chi connectivity index (χ0) is 26.4. The number of ether oxygens (including phenoxy) is 1. The van der Waals surface area contributed by atoms with E-state index in [1.54, 1.807) is 33.7 Å². The van der Waals surface area contributed by atoms with E-state index in [9.17, 15) is 9.59 Å². The van der Waals surface area contributed by atoms with Crippen LogP contribution >= 0.6 is 11.6 Å². The molecule has 0 aliphatic heterocycles. The molecule has 0 saturated carbocycles. The fourth-order valence-electron chi connectivity index (χ4n) is 4.38. The number of hydrogen-bond acceptors (Lipinski definition) is 4. The Kier molecular flexibility index (Phi) is 8.62. The number of hydrogen-bond donors (Lipinski definition) is 0. The van der Waals surface area contributed by atoms with E-state index in [2.05, 4.69) is 13.8 Å². The van der Waals surface area contributed by atoms with Crippen molar-refractivity contribution >= 4 is 28.4 Å². The number of fused-ring (bicyclic) bond motifs is 1. The van der Waals surface area contributed by atoms with E-state index in [1.165, 1.54) is 0 Å². The summed E-state index contributed by atoms with van der Waals surface area (Å²) in [7, 11) is 0. The molecule has 7 heteroatoms. The van der Waals surface area contributed by atoms with Crippen LogP contribution in [-0.2, 0) is 4.79 Å². The number of rotatable bonds is 10. The Bertz CT molecular complexity index is 1420. The van der Waals surface area contributed by atoms with Gasteiger partial charge in [-0.05, 0) is 61.2 Å². The van der Waals surface area contributed by atoms with Crippen LogP contribution in [0.3, 0.4) is 0 Å². The monoisotopic (exact) mass is 517 g/mol. The Labute approximate surface area is 222 Å². The molecule has 1 atom stereocenters. The van der Waals surface area contributed by atoms with Gasteiger partial charge in [-0.2, -0.15) is 0 Å². The maximum Gasteiger partial charge on any atom is 0.266 e. The first kappa shape index (κ1) is 26.4. The van der Waals surface area contributed by atoms with E-state index in [1.807, 2.05) is 61.5 Å². The van der Waals surface area contributed by atoms with E-state index in [0.29, 0.717) is 52.1 Å². The maximum atomic E-state index is 13.8. The number of benzene rings is 3. The van der Waals surface area contributed by atoms with Crippen molar-refractivity contribution in [2.45, 2.75) is 39.7 Å². The first-order valence-electron chi connectivity index (χ1n) is 12.6. The average molecular weight is 518 g/mol. The van der Waals surface area contributed by atoms with Gasteiger partial charge < -0.3 is 9.64 Å². The molecule has 0 bridgehead atoms. The van der Waals surface area contributed by atoms with Gasteiger partial charge in [-0.3, -0.25) is 14.2 Å². The summed E-state index contributed by atoms with van der Waals surface area (Å²) < 4.78 is 7.41. The lowest BCUT2D eigenvalue weighted by atomic mass is 10.1. The van der Waals surface area contributed by atoms with E-state index < -0.39 is 6.04 Å². The molecule has 0 N–H and O–H groups in total. The van der Waals surface area contributed by atoms with E-state index in [4.69, 9.17) is 21.3 Å². The highest BCUT2D eigenvalue weighted by Crippen LogP contribution is 2.28. The Morgan fingerprint density at radius 2 is 1.76 bits per heavy atom. The van der Waals surface area contributed by atoms with Gasteiger partial charge in [0.1, 0.15) is 11.6 Å². The highest BCUT2D eigenvalue weighted by atomic mass is 35.5. The van der Waals surface area contributed by atoms with Gasteiger partial charge in [-0.15, -0.1) is 0 Å². The second-order valence-electron chi connectivity index (χ2n) is 9.40. The molecule has 0 aliphatic rings. The summed E-state index contributed by atoms with van der Waals surface area (Å²) in [5, 5.41) is 1.02. The molecule has 4 aromatic rings. The summed E-state index contributed by atoms with van der Waals surface area (Å²) in [6, 6.07) is 23.3. The predicted octanol–water partition coefficient (Wildman–Crippen LogP) is 6.44. The first-order chi connectivity index (χ1) is 17.9. The lowest BCUT2D eigenvalue weighted by molar-refractivity contribution is -0.136. The molecule has 0 saturated heterocycles. The molecular weight excluding hydrogens is 486 g/mol. The first-order valence-corrected chi connectivity index (χ1v) is 13.0. The molecule has 0 fully saturated rings. The molecule has 0 aliphatic carbocycles. The third-order valence-electron chi connectivity index (χ3n) is 6.30. The number of aromatic nitrogens is 2. The molecule has 1 amide bonds. The topological polar surface area (TPSA) is 64.4 Å². The van der Waals surface area contributed by atoms with Crippen molar-refractivity contribution in [3.63, 3.8) is 0 Å². The average Bonchev–Trinajstić information content (AvgIpc) is 2.90. The lowest BCUT2D eigenvalue weighted by Crippen LogP contribution is -2.41. The Morgan fingerprint density at radius 3 is 2.46 bits per heavy atom. The van der Waals surface area contributed by atoms with Gasteiger partial charge in [-0.25, -0.2) is 4.98 Å². The number of carbonyl (C=O) groups excluding carboxylic acids is 1. The number of para-hydroxylation sites is 2. The number of amides is 1.